The first kappa shape index (κ1) is 19.5. The largest absolute Gasteiger partial charge is 0.496 e. The van der Waals surface area contributed by atoms with Crippen molar-refractivity contribution in [3.05, 3.63) is 29.3 Å². The number of halogens is 1. The molecule has 1 aromatic carbocycles. The first-order chi connectivity index (χ1) is 11.2. The molecule has 2 aliphatic rings. The van der Waals surface area contributed by atoms with Crippen molar-refractivity contribution in [2.75, 3.05) is 39.9 Å². The zero-order chi connectivity index (χ0) is 16.1. The maximum atomic E-state index is 5.58. The molecule has 2 aliphatic heterocycles. The first-order valence-corrected chi connectivity index (χ1v) is 8.91. The highest BCUT2D eigenvalue weighted by atomic mass is 35.5. The Morgan fingerprint density at radius 3 is 2.71 bits per heavy atom. The molecule has 0 saturated carbocycles. The summed E-state index contributed by atoms with van der Waals surface area (Å²) >= 11 is 0. The molecule has 2 fully saturated rings. The van der Waals surface area contributed by atoms with Gasteiger partial charge in [-0.25, -0.2) is 0 Å². The number of likely N-dealkylation sites (tertiary alicyclic amines) is 1. The monoisotopic (exact) mass is 354 g/mol. The second kappa shape index (κ2) is 9.04. The summed E-state index contributed by atoms with van der Waals surface area (Å²) in [6.07, 6.45) is 4.03. The molecule has 0 unspecified atom stereocenters. The van der Waals surface area contributed by atoms with E-state index in [-0.39, 0.29) is 12.4 Å². The molecule has 1 N–H and O–H groups in total. The van der Waals surface area contributed by atoms with E-state index in [9.17, 15) is 0 Å². The van der Waals surface area contributed by atoms with Crippen LogP contribution in [0.15, 0.2) is 18.2 Å². The molecule has 24 heavy (non-hydrogen) atoms. The van der Waals surface area contributed by atoms with Crippen LogP contribution >= 0.6 is 12.4 Å². The number of nitrogens with zero attached hydrogens (tertiary/aromatic N) is 1. The lowest BCUT2D eigenvalue weighted by molar-refractivity contribution is 0.132. The molecule has 0 radical (unpaired) electrons. The van der Waals surface area contributed by atoms with E-state index in [1.807, 2.05) is 6.92 Å². The highest BCUT2D eigenvalue weighted by molar-refractivity contribution is 5.85. The van der Waals surface area contributed by atoms with Crippen LogP contribution in [0.1, 0.15) is 37.3 Å². The van der Waals surface area contributed by atoms with Gasteiger partial charge in [0.1, 0.15) is 5.75 Å². The van der Waals surface area contributed by atoms with Crippen LogP contribution in [0.3, 0.4) is 0 Å². The van der Waals surface area contributed by atoms with E-state index in [0.29, 0.717) is 12.0 Å². The Hall–Kier alpha value is -0.810. The van der Waals surface area contributed by atoms with E-state index in [1.165, 1.54) is 51.0 Å². The number of methoxy groups -OCH3 is 1. The van der Waals surface area contributed by atoms with Crippen LogP contribution in [0.2, 0.25) is 0 Å². The van der Waals surface area contributed by atoms with Gasteiger partial charge in [0.25, 0.3) is 0 Å². The summed E-state index contributed by atoms with van der Waals surface area (Å²) in [5.41, 5.74) is 3.10. The molecule has 0 bridgehead atoms. The summed E-state index contributed by atoms with van der Waals surface area (Å²) in [6, 6.07) is 6.53. The van der Waals surface area contributed by atoms with Crippen molar-refractivity contribution in [3.63, 3.8) is 0 Å². The number of piperidine rings is 1. The third kappa shape index (κ3) is 4.63. The lowest BCUT2D eigenvalue weighted by Gasteiger charge is -2.34. The van der Waals surface area contributed by atoms with Crippen LogP contribution < -0.4 is 10.1 Å². The maximum absolute atomic E-state index is 5.58. The third-order valence-corrected chi connectivity index (χ3v) is 5.39. The minimum absolute atomic E-state index is 0. The summed E-state index contributed by atoms with van der Waals surface area (Å²) in [6.45, 7) is 9.29. The number of hydrogen-bond acceptors (Lipinski definition) is 4. The first-order valence-electron chi connectivity index (χ1n) is 8.91. The Bertz CT molecular complexity index is 518. The van der Waals surface area contributed by atoms with Crippen molar-refractivity contribution in [2.24, 2.45) is 5.41 Å². The summed E-state index contributed by atoms with van der Waals surface area (Å²) in [5.74, 6) is 0.929. The van der Waals surface area contributed by atoms with Crippen molar-refractivity contribution in [3.8, 4) is 5.75 Å². The Kier molecular flexibility index (Phi) is 7.35. The van der Waals surface area contributed by atoms with Crippen LogP contribution in [-0.2, 0) is 17.9 Å². The summed E-state index contributed by atoms with van der Waals surface area (Å²) in [4.78, 5) is 2.62. The maximum Gasteiger partial charge on any atom is 0.124 e. The molecule has 5 heteroatoms. The van der Waals surface area contributed by atoms with Gasteiger partial charge in [0.2, 0.25) is 0 Å². The second-order valence-electron chi connectivity index (χ2n) is 6.99. The Morgan fingerprint density at radius 2 is 2.00 bits per heavy atom. The minimum atomic E-state index is 0. The summed E-state index contributed by atoms with van der Waals surface area (Å²) in [7, 11) is 1.73. The van der Waals surface area contributed by atoms with Crippen LogP contribution in [0.4, 0.5) is 0 Å². The third-order valence-electron chi connectivity index (χ3n) is 5.39. The molecular weight excluding hydrogens is 324 g/mol. The average molecular weight is 355 g/mol. The van der Waals surface area contributed by atoms with Crippen LogP contribution in [0.5, 0.6) is 5.75 Å². The Morgan fingerprint density at radius 1 is 1.21 bits per heavy atom. The standard InChI is InChI=1S/C19H30N2O2.ClH/c1-3-23-14-17-12-16(4-5-18(17)22-2)13-21-11-8-19(15-21)6-9-20-10-7-19;/h4-5,12,20H,3,6-11,13-15H2,1-2H3;1H. The zero-order valence-electron chi connectivity index (χ0n) is 15.0. The minimum Gasteiger partial charge on any atom is -0.496 e. The van der Waals surface area contributed by atoms with Crippen LogP contribution in [0, 0.1) is 5.41 Å². The predicted octanol–water partition coefficient (Wildman–Crippen LogP) is 3.23. The predicted molar refractivity (Wildman–Crippen MR) is 100 cm³/mol. The summed E-state index contributed by atoms with van der Waals surface area (Å²) < 4.78 is 11.0. The number of ether oxygens (including phenoxy) is 2. The molecule has 3 rings (SSSR count). The molecule has 2 saturated heterocycles. The molecule has 0 amide bonds. The lowest BCUT2D eigenvalue weighted by atomic mass is 9.78. The molecule has 1 spiro atoms. The average Bonchev–Trinajstić information content (AvgIpc) is 2.95. The quantitative estimate of drug-likeness (QED) is 0.850. The van der Waals surface area contributed by atoms with Gasteiger partial charge in [-0.15, -0.1) is 12.4 Å². The van der Waals surface area contributed by atoms with Gasteiger partial charge >= 0.3 is 0 Å². The van der Waals surface area contributed by atoms with Crippen molar-refractivity contribution in [1.29, 1.82) is 0 Å². The smallest absolute Gasteiger partial charge is 0.124 e. The van der Waals surface area contributed by atoms with Crippen molar-refractivity contribution in [2.45, 2.75) is 39.3 Å². The van der Waals surface area contributed by atoms with Crippen LogP contribution in [0.25, 0.3) is 0 Å². The van der Waals surface area contributed by atoms with E-state index in [4.69, 9.17) is 9.47 Å². The van der Waals surface area contributed by atoms with Gasteiger partial charge in [-0.1, -0.05) is 6.07 Å². The van der Waals surface area contributed by atoms with Gasteiger partial charge in [-0.3, -0.25) is 4.90 Å². The number of benzene rings is 1. The van der Waals surface area contributed by atoms with E-state index in [0.717, 1.165) is 24.5 Å². The SMILES string of the molecule is CCOCc1cc(CN2CCC3(CCNCC3)C2)ccc1OC.Cl. The van der Waals surface area contributed by atoms with Gasteiger partial charge < -0.3 is 14.8 Å². The molecule has 136 valence electrons. The molecule has 1 aromatic rings. The fraction of sp³-hybridized carbons (Fsp3) is 0.684. The van der Waals surface area contributed by atoms with Crippen molar-refractivity contribution >= 4 is 12.4 Å². The molecule has 0 aromatic heterocycles. The van der Waals surface area contributed by atoms with E-state index >= 15 is 0 Å². The molecule has 0 aliphatic carbocycles. The highest BCUT2D eigenvalue weighted by Crippen LogP contribution is 2.39. The fourth-order valence-corrected chi connectivity index (χ4v) is 4.04. The van der Waals surface area contributed by atoms with E-state index < -0.39 is 0 Å². The van der Waals surface area contributed by atoms with Gasteiger partial charge in [-0.05, 0) is 68.9 Å². The van der Waals surface area contributed by atoms with Gasteiger partial charge in [0, 0.05) is 25.3 Å². The van der Waals surface area contributed by atoms with E-state index in [1.54, 1.807) is 7.11 Å². The molecular formula is C19H31ClN2O2. The lowest BCUT2D eigenvalue weighted by Crippen LogP contribution is -2.38. The highest BCUT2D eigenvalue weighted by Gasteiger charge is 2.38. The van der Waals surface area contributed by atoms with Gasteiger partial charge in [-0.2, -0.15) is 0 Å². The summed E-state index contributed by atoms with van der Waals surface area (Å²) in [5, 5.41) is 3.49. The zero-order valence-corrected chi connectivity index (χ0v) is 15.8. The topological polar surface area (TPSA) is 33.7 Å². The molecule has 4 nitrogen and oxygen atoms in total. The fourth-order valence-electron chi connectivity index (χ4n) is 4.04. The van der Waals surface area contributed by atoms with E-state index in [2.05, 4.69) is 28.4 Å². The second-order valence-corrected chi connectivity index (χ2v) is 6.99. The van der Waals surface area contributed by atoms with Crippen LogP contribution in [-0.4, -0.2) is 44.8 Å². The Balaban J connectivity index is 0.00000208. The van der Waals surface area contributed by atoms with Gasteiger partial charge in [0.15, 0.2) is 0 Å². The van der Waals surface area contributed by atoms with Crippen molar-refractivity contribution < 1.29 is 9.47 Å². The number of hydrogen-bond donors (Lipinski definition) is 1. The van der Waals surface area contributed by atoms with Gasteiger partial charge in [0.05, 0.1) is 13.7 Å². The number of rotatable bonds is 6. The molecule has 0 atom stereocenters. The molecule has 2 heterocycles. The normalized spacial score (nSPS) is 20.1. The van der Waals surface area contributed by atoms with Crippen molar-refractivity contribution in [1.82, 2.24) is 10.2 Å². The number of nitrogens with one attached hydrogen (secondary N) is 1. The Labute approximate surface area is 152 Å².